The second-order valence-electron chi connectivity index (χ2n) is 5.25. The van der Waals surface area contributed by atoms with Crippen LogP contribution in [-0.2, 0) is 6.42 Å². The van der Waals surface area contributed by atoms with Crippen LogP contribution in [0.25, 0.3) is 5.65 Å². The van der Waals surface area contributed by atoms with Crippen LogP contribution in [0.1, 0.15) is 23.0 Å². The highest BCUT2D eigenvalue weighted by molar-refractivity contribution is 9.10. The van der Waals surface area contributed by atoms with Crippen molar-refractivity contribution in [3.8, 4) is 5.75 Å². The number of hydrogen-bond acceptors (Lipinski definition) is 3. The monoisotopic (exact) mass is 387 g/mol. The summed E-state index contributed by atoms with van der Waals surface area (Å²) in [7, 11) is 0. The number of halogens is 1. The van der Waals surface area contributed by atoms with E-state index in [0.29, 0.717) is 25.1 Å². The van der Waals surface area contributed by atoms with Gasteiger partial charge in [0.2, 0.25) is 0 Å². The van der Waals surface area contributed by atoms with Crippen LogP contribution in [-0.4, -0.2) is 28.4 Å². The molecule has 0 radical (unpaired) electrons. The van der Waals surface area contributed by atoms with E-state index in [4.69, 9.17) is 4.74 Å². The molecule has 5 nitrogen and oxygen atoms in total. The number of rotatable bonds is 6. The van der Waals surface area contributed by atoms with E-state index in [2.05, 4.69) is 26.2 Å². The van der Waals surface area contributed by atoms with E-state index in [0.717, 1.165) is 21.6 Å². The molecule has 24 heavy (non-hydrogen) atoms. The normalized spacial score (nSPS) is 10.8. The number of carbonyl (C=O) groups excluding carboxylic acids is 1. The third-order valence-electron chi connectivity index (χ3n) is 3.58. The van der Waals surface area contributed by atoms with Crippen LogP contribution in [0.3, 0.4) is 0 Å². The molecule has 0 aliphatic rings. The fourth-order valence-electron chi connectivity index (χ4n) is 2.47. The third-order valence-corrected chi connectivity index (χ3v) is 4.27. The first-order valence-electron chi connectivity index (χ1n) is 7.81. The van der Waals surface area contributed by atoms with Gasteiger partial charge in [-0.25, -0.2) is 4.98 Å². The van der Waals surface area contributed by atoms with E-state index in [1.54, 1.807) is 6.07 Å². The minimum Gasteiger partial charge on any atom is -0.490 e. The molecule has 2 heterocycles. The van der Waals surface area contributed by atoms with Crippen LogP contribution in [0, 0.1) is 0 Å². The first-order valence-corrected chi connectivity index (χ1v) is 8.60. The number of nitrogens with one attached hydrogen (secondary N) is 1. The van der Waals surface area contributed by atoms with Crippen molar-refractivity contribution in [3.05, 3.63) is 64.5 Å². The van der Waals surface area contributed by atoms with Crippen molar-refractivity contribution in [3.63, 3.8) is 0 Å². The molecule has 0 aliphatic heterocycles. The molecular weight excluding hydrogens is 370 g/mol. The molecule has 6 heteroatoms. The van der Waals surface area contributed by atoms with E-state index >= 15 is 0 Å². The number of ether oxygens (including phenoxy) is 1. The number of imidazole rings is 1. The lowest BCUT2D eigenvalue weighted by atomic mass is 10.2. The molecule has 0 saturated heterocycles. The van der Waals surface area contributed by atoms with Gasteiger partial charge >= 0.3 is 0 Å². The summed E-state index contributed by atoms with van der Waals surface area (Å²) in [6, 6.07) is 11.2. The minimum absolute atomic E-state index is 0.0961. The van der Waals surface area contributed by atoms with Crippen LogP contribution < -0.4 is 10.1 Å². The Balaban J connectivity index is 1.65. The first kappa shape index (κ1) is 16.5. The summed E-state index contributed by atoms with van der Waals surface area (Å²) < 4.78 is 8.32. The Morgan fingerprint density at radius 3 is 2.92 bits per heavy atom. The zero-order chi connectivity index (χ0) is 16.9. The van der Waals surface area contributed by atoms with Gasteiger partial charge in [0.05, 0.1) is 17.9 Å². The molecule has 1 amide bonds. The summed E-state index contributed by atoms with van der Waals surface area (Å²) in [4.78, 5) is 16.8. The summed E-state index contributed by atoms with van der Waals surface area (Å²) in [5.41, 5.74) is 2.34. The number of benzene rings is 1. The Bertz CT molecular complexity index is 860. The molecule has 0 atom stereocenters. The van der Waals surface area contributed by atoms with Crippen LogP contribution in [0.4, 0.5) is 0 Å². The summed E-state index contributed by atoms with van der Waals surface area (Å²) in [6.45, 7) is 3.07. The number of hydrogen-bond donors (Lipinski definition) is 1. The Morgan fingerprint density at radius 1 is 1.29 bits per heavy atom. The van der Waals surface area contributed by atoms with Crippen LogP contribution >= 0.6 is 15.9 Å². The predicted octanol–water partition coefficient (Wildman–Crippen LogP) is 3.47. The molecule has 3 rings (SSSR count). The highest BCUT2D eigenvalue weighted by atomic mass is 79.9. The van der Waals surface area contributed by atoms with Crippen molar-refractivity contribution in [2.75, 3.05) is 13.2 Å². The summed E-state index contributed by atoms with van der Waals surface area (Å²) in [5, 5.41) is 2.92. The Labute approximate surface area is 148 Å². The Morgan fingerprint density at radius 2 is 2.12 bits per heavy atom. The Kier molecular flexibility index (Phi) is 5.15. The van der Waals surface area contributed by atoms with Gasteiger partial charge in [-0.1, -0.05) is 12.1 Å². The number of carbonyl (C=O) groups is 1. The maximum Gasteiger partial charge on any atom is 0.252 e. The number of fused-ring (bicyclic) bond motifs is 1. The molecule has 3 aromatic rings. The second-order valence-corrected chi connectivity index (χ2v) is 6.11. The minimum atomic E-state index is -0.0961. The zero-order valence-corrected chi connectivity index (χ0v) is 14.9. The van der Waals surface area contributed by atoms with E-state index < -0.39 is 0 Å². The van der Waals surface area contributed by atoms with Crippen molar-refractivity contribution < 1.29 is 9.53 Å². The Hall–Kier alpha value is -2.34. The highest BCUT2D eigenvalue weighted by Gasteiger charge is 2.10. The molecule has 1 N–H and O–H groups in total. The van der Waals surface area contributed by atoms with E-state index in [9.17, 15) is 4.79 Å². The predicted molar refractivity (Wildman–Crippen MR) is 96.5 cm³/mol. The lowest BCUT2D eigenvalue weighted by Gasteiger charge is -2.05. The maximum absolute atomic E-state index is 12.2. The number of pyridine rings is 1. The van der Waals surface area contributed by atoms with Crippen molar-refractivity contribution in [2.24, 2.45) is 0 Å². The van der Waals surface area contributed by atoms with Crippen molar-refractivity contribution >= 4 is 27.5 Å². The highest BCUT2D eigenvalue weighted by Crippen LogP contribution is 2.19. The molecule has 0 fully saturated rings. The van der Waals surface area contributed by atoms with Crippen LogP contribution in [0.15, 0.2) is 53.3 Å². The topological polar surface area (TPSA) is 55.6 Å². The standard InChI is InChI=1S/C18H18BrN3O2/c1-2-24-16-8-5-11-22-12-13(21-17(16)22)9-10-20-18(23)14-6-3-4-7-15(14)19/h3-8,11-12H,2,9-10H2,1H3,(H,20,23). The van der Waals surface area contributed by atoms with Gasteiger partial charge in [0, 0.05) is 29.8 Å². The van der Waals surface area contributed by atoms with Gasteiger partial charge < -0.3 is 14.5 Å². The van der Waals surface area contributed by atoms with Gasteiger partial charge in [-0.05, 0) is 47.1 Å². The molecule has 1 aromatic carbocycles. The van der Waals surface area contributed by atoms with Gasteiger partial charge in [-0.2, -0.15) is 0 Å². The van der Waals surface area contributed by atoms with Crippen molar-refractivity contribution in [1.82, 2.24) is 14.7 Å². The van der Waals surface area contributed by atoms with Gasteiger partial charge in [-0.3, -0.25) is 4.79 Å². The third kappa shape index (κ3) is 3.59. The zero-order valence-electron chi connectivity index (χ0n) is 13.3. The fourth-order valence-corrected chi connectivity index (χ4v) is 2.94. The molecule has 124 valence electrons. The molecule has 0 bridgehead atoms. The SMILES string of the molecule is CCOc1cccn2cc(CCNC(=O)c3ccccc3Br)nc12. The lowest BCUT2D eigenvalue weighted by molar-refractivity contribution is 0.0953. The summed E-state index contributed by atoms with van der Waals surface area (Å²) >= 11 is 3.39. The number of nitrogens with zero attached hydrogens (tertiary/aromatic N) is 2. The quantitative estimate of drug-likeness (QED) is 0.704. The van der Waals surface area contributed by atoms with Gasteiger partial charge in [0.1, 0.15) is 0 Å². The molecule has 2 aromatic heterocycles. The second kappa shape index (κ2) is 7.49. The van der Waals surface area contributed by atoms with Gasteiger partial charge in [-0.15, -0.1) is 0 Å². The average Bonchev–Trinajstić information content (AvgIpc) is 2.99. The van der Waals surface area contributed by atoms with Crippen molar-refractivity contribution in [1.29, 1.82) is 0 Å². The van der Waals surface area contributed by atoms with Gasteiger partial charge in [0.15, 0.2) is 11.4 Å². The van der Waals surface area contributed by atoms with E-state index in [1.807, 2.05) is 54.0 Å². The lowest BCUT2D eigenvalue weighted by Crippen LogP contribution is -2.26. The van der Waals surface area contributed by atoms with E-state index in [-0.39, 0.29) is 5.91 Å². The smallest absolute Gasteiger partial charge is 0.252 e. The van der Waals surface area contributed by atoms with Crippen molar-refractivity contribution in [2.45, 2.75) is 13.3 Å². The molecule has 0 unspecified atom stereocenters. The largest absolute Gasteiger partial charge is 0.490 e. The first-order chi connectivity index (χ1) is 11.7. The van der Waals surface area contributed by atoms with Crippen LogP contribution in [0.5, 0.6) is 5.75 Å². The molecule has 0 saturated carbocycles. The number of aromatic nitrogens is 2. The molecule has 0 aliphatic carbocycles. The molecule has 0 spiro atoms. The number of amides is 1. The summed E-state index contributed by atoms with van der Waals surface area (Å²) in [6.07, 6.45) is 4.56. The maximum atomic E-state index is 12.2. The molecular formula is C18H18BrN3O2. The summed E-state index contributed by atoms with van der Waals surface area (Å²) in [5.74, 6) is 0.671. The van der Waals surface area contributed by atoms with E-state index in [1.165, 1.54) is 0 Å². The van der Waals surface area contributed by atoms with Gasteiger partial charge in [0.25, 0.3) is 5.91 Å². The van der Waals surface area contributed by atoms with Crippen LogP contribution in [0.2, 0.25) is 0 Å². The fraction of sp³-hybridized carbons (Fsp3) is 0.222. The average molecular weight is 388 g/mol.